The lowest BCUT2D eigenvalue weighted by Gasteiger charge is -2.26. The fourth-order valence-corrected chi connectivity index (χ4v) is 4.80. The SMILES string of the molecule is O=C(O)c1cccc(CN(CCO)CCOCCOCCN(CCOC2CCCCC2)Cc2cccc(C(=O)O)n2)n1. The van der Waals surface area contributed by atoms with Crippen LogP contribution in [0.25, 0.3) is 0 Å². The summed E-state index contributed by atoms with van der Waals surface area (Å²) in [5, 5.41) is 27.8. The van der Waals surface area contributed by atoms with Gasteiger partial charge in [0.1, 0.15) is 11.4 Å². The highest BCUT2D eigenvalue weighted by molar-refractivity contribution is 5.85. The molecule has 0 radical (unpaired) electrons. The number of nitrogens with zero attached hydrogens (tertiary/aromatic N) is 4. The number of carbonyl (C=O) groups is 2. The highest BCUT2D eigenvalue weighted by Gasteiger charge is 2.15. The van der Waals surface area contributed by atoms with Crippen molar-refractivity contribution in [3.63, 3.8) is 0 Å². The molecule has 1 aliphatic rings. The zero-order valence-electron chi connectivity index (χ0n) is 24.2. The van der Waals surface area contributed by atoms with Crippen LogP contribution in [0.2, 0.25) is 0 Å². The largest absolute Gasteiger partial charge is 0.477 e. The van der Waals surface area contributed by atoms with E-state index in [0.717, 1.165) is 12.8 Å². The Hall–Kier alpha value is -3.00. The quantitative estimate of drug-likeness (QED) is 0.184. The molecule has 3 rings (SSSR count). The summed E-state index contributed by atoms with van der Waals surface area (Å²) in [7, 11) is 0. The van der Waals surface area contributed by atoms with Crippen molar-refractivity contribution in [1.29, 1.82) is 0 Å². The van der Waals surface area contributed by atoms with Gasteiger partial charge >= 0.3 is 11.9 Å². The van der Waals surface area contributed by atoms with E-state index in [-0.39, 0.29) is 18.0 Å². The van der Waals surface area contributed by atoms with Gasteiger partial charge in [0.15, 0.2) is 0 Å². The van der Waals surface area contributed by atoms with E-state index in [1.54, 1.807) is 18.2 Å². The van der Waals surface area contributed by atoms with E-state index in [1.165, 1.54) is 31.4 Å². The van der Waals surface area contributed by atoms with Crippen LogP contribution in [0.4, 0.5) is 0 Å². The zero-order valence-corrected chi connectivity index (χ0v) is 24.2. The number of carboxylic acid groups (broad SMARTS) is 2. The second-order valence-corrected chi connectivity index (χ2v) is 10.3. The van der Waals surface area contributed by atoms with E-state index in [1.807, 2.05) is 11.0 Å². The number of carboxylic acids is 2. The smallest absolute Gasteiger partial charge is 0.354 e. The number of aromatic carboxylic acids is 2. The molecule has 2 heterocycles. The Morgan fingerprint density at radius 3 is 1.71 bits per heavy atom. The predicted octanol–water partition coefficient (Wildman–Crippen LogP) is 2.55. The average molecular weight is 589 g/mol. The molecule has 0 aliphatic heterocycles. The maximum Gasteiger partial charge on any atom is 0.354 e. The summed E-state index contributed by atoms with van der Waals surface area (Å²) in [5.41, 5.74) is 1.32. The van der Waals surface area contributed by atoms with Gasteiger partial charge in [-0.05, 0) is 37.1 Å². The molecule has 0 bridgehead atoms. The van der Waals surface area contributed by atoms with Crippen molar-refractivity contribution in [3.8, 4) is 0 Å². The van der Waals surface area contributed by atoms with Gasteiger partial charge in [0, 0.05) is 39.3 Å². The monoisotopic (exact) mass is 588 g/mol. The molecule has 1 aliphatic carbocycles. The third-order valence-electron chi connectivity index (χ3n) is 7.03. The lowest BCUT2D eigenvalue weighted by molar-refractivity contribution is 0.00434. The summed E-state index contributed by atoms with van der Waals surface area (Å²) >= 11 is 0. The fourth-order valence-electron chi connectivity index (χ4n) is 4.80. The van der Waals surface area contributed by atoms with Crippen LogP contribution in [0.3, 0.4) is 0 Å². The van der Waals surface area contributed by atoms with Crippen molar-refractivity contribution >= 4 is 11.9 Å². The van der Waals surface area contributed by atoms with Gasteiger partial charge in [-0.25, -0.2) is 19.6 Å². The molecule has 0 atom stereocenters. The van der Waals surface area contributed by atoms with E-state index in [0.29, 0.717) is 89.8 Å². The van der Waals surface area contributed by atoms with Gasteiger partial charge in [-0.3, -0.25) is 9.80 Å². The zero-order chi connectivity index (χ0) is 30.0. The van der Waals surface area contributed by atoms with Gasteiger partial charge in [-0.1, -0.05) is 31.4 Å². The van der Waals surface area contributed by atoms with E-state index in [2.05, 4.69) is 14.9 Å². The van der Waals surface area contributed by atoms with Crippen LogP contribution in [0.15, 0.2) is 36.4 Å². The minimum absolute atomic E-state index is 0.00907. The van der Waals surface area contributed by atoms with Gasteiger partial charge < -0.3 is 29.5 Å². The second-order valence-electron chi connectivity index (χ2n) is 10.3. The number of pyridine rings is 2. The lowest BCUT2D eigenvalue weighted by Crippen LogP contribution is -2.33. The predicted molar refractivity (Wildman–Crippen MR) is 154 cm³/mol. The molecule has 232 valence electrons. The molecule has 0 amide bonds. The Bertz CT molecular complexity index is 1080. The number of hydrogen-bond donors (Lipinski definition) is 3. The van der Waals surface area contributed by atoms with Crippen molar-refractivity contribution in [3.05, 3.63) is 59.2 Å². The maximum absolute atomic E-state index is 11.3. The van der Waals surface area contributed by atoms with Gasteiger partial charge in [0.2, 0.25) is 0 Å². The van der Waals surface area contributed by atoms with Gasteiger partial charge in [0.05, 0.1) is 57.1 Å². The van der Waals surface area contributed by atoms with E-state index < -0.39 is 11.9 Å². The van der Waals surface area contributed by atoms with Crippen molar-refractivity contribution < 1.29 is 39.1 Å². The van der Waals surface area contributed by atoms with Crippen LogP contribution in [0.5, 0.6) is 0 Å². The number of aliphatic hydroxyl groups is 1. The normalized spacial score (nSPS) is 14.1. The fraction of sp³-hybridized carbons (Fsp3) is 0.600. The van der Waals surface area contributed by atoms with E-state index in [4.69, 9.17) is 19.3 Å². The summed E-state index contributed by atoms with van der Waals surface area (Å²) < 4.78 is 17.6. The molecular formula is C30H44N4O8. The van der Waals surface area contributed by atoms with Crippen LogP contribution in [-0.2, 0) is 27.3 Å². The molecule has 1 fully saturated rings. The Morgan fingerprint density at radius 2 is 1.21 bits per heavy atom. The van der Waals surface area contributed by atoms with E-state index >= 15 is 0 Å². The summed E-state index contributed by atoms with van der Waals surface area (Å²) in [6.07, 6.45) is 6.25. The summed E-state index contributed by atoms with van der Waals surface area (Å²) in [5.74, 6) is -2.12. The van der Waals surface area contributed by atoms with Crippen molar-refractivity contribution in [1.82, 2.24) is 19.8 Å². The third-order valence-corrected chi connectivity index (χ3v) is 7.03. The minimum Gasteiger partial charge on any atom is -0.477 e. The molecule has 42 heavy (non-hydrogen) atoms. The topological polar surface area (TPSA) is 155 Å². The first-order chi connectivity index (χ1) is 20.4. The highest BCUT2D eigenvalue weighted by atomic mass is 16.5. The van der Waals surface area contributed by atoms with Gasteiger partial charge in [-0.15, -0.1) is 0 Å². The number of ether oxygens (including phenoxy) is 3. The number of hydrogen-bond acceptors (Lipinski definition) is 10. The molecule has 2 aromatic heterocycles. The number of rotatable bonds is 21. The standard InChI is InChI=1S/C30H44N4O8/c35-16-12-33(22-24-6-4-10-27(31-24)29(36)37)13-17-40-20-21-41-18-14-34(15-19-42-26-8-2-1-3-9-26)23-25-7-5-11-28(32-25)30(38)39/h4-7,10-11,26,35H,1-3,8-9,12-23H2,(H,36,37)(H,38,39). The highest BCUT2D eigenvalue weighted by Crippen LogP contribution is 2.20. The van der Waals surface area contributed by atoms with E-state index in [9.17, 15) is 19.8 Å². The molecule has 3 N–H and O–H groups in total. The lowest BCUT2D eigenvalue weighted by atomic mass is 9.98. The van der Waals surface area contributed by atoms with Crippen LogP contribution < -0.4 is 0 Å². The molecule has 12 nitrogen and oxygen atoms in total. The first-order valence-corrected chi connectivity index (χ1v) is 14.7. The molecule has 2 aromatic rings. The van der Waals surface area contributed by atoms with Crippen LogP contribution in [0.1, 0.15) is 64.5 Å². The second kappa shape index (κ2) is 19.2. The summed E-state index contributed by atoms with van der Waals surface area (Å²) in [6.45, 7) is 5.53. The Balaban J connectivity index is 1.36. The Kier molecular flexibility index (Phi) is 15.3. The van der Waals surface area contributed by atoms with Gasteiger partial charge in [-0.2, -0.15) is 0 Å². The minimum atomic E-state index is -1.08. The number of aromatic nitrogens is 2. The Labute approximate surface area is 247 Å². The number of aliphatic hydroxyl groups excluding tert-OH is 1. The summed E-state index contributed by atoms with van der Waals surface area (Å²) in [4.78, 5) is 35.0. The summed E-state index contributed by atoms with van der Waals surface area (Å²) in [6, 6.07) is 9.89. The van der Waals surface area contributed by atoms with Crippen molar-refractivity contribution in [2.45, 2.75) is 51.3 Å². The van der Waals surface area contributed by atoms with Crippen LogP contribution >= 0.6 is 0 Å². The first-order valence-electron chi connectivity index (χ1n) is 14.7. The molecule has 12 heteroatoms. The molecule has 1 saturated carbocycles. The average Bonchev–Trinajstić information content (AvgIpc) is 2.99. The molecule has 0 aromatic carbocycles. The first kappa shape index (κ1) is 33.5. The molecular weight excluding hydrogens is 544 g/mol. The van der Waals surface area contributed by atoms with Crippen molar-refractivity contribution in [2.75, 3.05) is 65.8 Å². The molecule has 0 saturated heterocycles. The molecule has 0 unspecified atom stereocenters. The Morgan fingerprint density at radius 1 is 0.714 bits per heavy atom. The third kappa shape index (κ3) is 12.9. The molecule has 0 spiro atoms. The maximum atomic E-state index is 11.3. The van der Waals surface area contributed by atoms with Gasteiger partial charge in [0.25, 0.3) is 0 Å². The van der Waals surface area contributed by atoms with Crippen LogP contribution in [-0.4, -0.2) is 119 Å². The van der Waals surface area contributed by atoms with Crippen LogP contribution in [0, 0.1) is 0 Å². The van der Waals surface area contributed by atoms with Crippen molar-refractivity contribution in [2.24, 2.45) is 0 Å².